The Hall–Kier alpha value is -1.80. The van der Waals surface area contributed by atoms with Crippen LogP contribution < -0.4 is 10.5 Å². The van der Waals surface area contributed by atoms with Crippen LogP contribution in [0.15, 0.2) is 48.5 Å². The molecule has 0 heterocycles. The van der Waals surface area contributed by atoms with Crippen LogP contribution >= 0.6 is 0 Å². The first-order chi connectivity index (χ1) is 9.88. The van der Waals surface area contributed by atoms with E-state index in [0.29, 0.717) is 6.61 Å². The van der Waals surface area contributed by atoms with Crippen molar-refractivity contribution < 1.29 is 4.74 Å². The zero-order valence-corrected chi connectivity index (χ0v) is 13.4. The largest absolute Gasteiger partial charge is 0.491 e. The third-order valence-corrected chi connectivity index (χ3v) is 3.59. The van der Waals surface area contributed by atoms with Crippen molar-refractivity contribution in [2.75, 3.05) is 6.61 Å². The normalized spacial score (nSPS) is 13.0. The molecule has 21 heavy (non-hydrogen) atoms. The predicted molar refractivity (Wildman–Crippen MR) is 88.7 cm³/mol. The fourth-order valence-electron chi connectivity index (χ4n) is 2.33. The first-order valence-electron chi connectivity index (χ1n) is 7.42. The number of hydrogen-bond donors (Lipinski definition) is 1. The lowest BCUT2D eigenvalue weighted by Gasteiger charge is -2.24. The van der Waals surface area contributed by atoms with Crippen LogP contribution in [0.5, 0.6) is 5.75 Å². The van der Waals surface area contributed by atoms with Crippen LogP contribution in [0.2, 0.25) is 0 Å². The first kappa shape index (κ1) is 15.6. The van der Waals surface area contributed by atoms with Crippen molar-refractivity contribution >= 4 is 0 Å². The number of ether oxygens (including phenoxy) is 1. The molecule has 0 spiro atoms. The van der Waals surface area contributed by atoms with E-state index in [9.17, 15) is 0 Å². The summed E-state index contributed by atoms with van der Waals surface area (Å²) in [6.45, 7) is 9.19. The van der Waals surface area contributed by atoms with E-state index in [1.807, 2.05) is 36.4 Å². The third kappa shape index (κ3) is 4.08. The molecule has 2 nitrogen and oxygen atoms in total. The lowest BCUT2D eigenvalue weighted by Crippen LogP contribution is -2.21. The fraction of sp³-hybridized carbons (Fsp3) is 0.368. The third-order valence-electron chi connectivity index (χ3n) is 3.59. The summed E-state index contributed by atoms with van der Waals surface area (Å²) < 4.78 is 6.01. The van der Waals surface area contributed by atoms with Gasteiger partial charge in [0.05, 0.1) is 6.04 Å². The second kappa shape index (κ2) is 6.31. The van der Waals surface area contributed by atoms with Gasteiger partial charge in [-0.3, -0.25) is 0 Å². The summed E-state index contributed by atoms with van der Waals surface area (Å²) in [5.74, 6) is 0.930. The second-order valence-electron chi connectivity index (χ2n) is 6.58. The van der Waals surface area contributed by atoms with Gasteiger partial charge in [0.2, 0.25) is 0 Å². The van der Waals surface area contributed by atoms with Crippen LogP contribution in [-0.2, 0) is 5.41 Å². The van der Waals surface area contributed by atoms with Crippen LogP contribution in [0.4, 0.5) is 0 Å². The van der Waals surface area contributed by atoms with E-state index in [1.54, 1.807) is 0 Å². The maximum absolute atomic E-state index is 6.21. The molecule has 0 aliphatic carbocycles. The van der Waals surface area contributed by atoms with Gasteiger partial charge in [-0.25, -0.2) is 0 Å². The van der Waals surface area contributed by atoms with Crippen molar-refractivity contribution in [2.45, 2.75) is 39.2 Å². The van der Waals surface area contributed by atoms with E-state index >= 15 is 0 Å². The maximum Gasteiger partial charge on any atom is 0.123 e. The smallest absolute Gasteiger partial charge is 0.123 e. The van der Waals surface area contributed by atoms with E-state index in [1.165, 1.54) is 11.1 Å². The van der Waals surface area contributed by atoms with E-state index in [2.05, 4.69) is 39.8 Å². The highest BCUT2D eigenvalue weighted by Crippen LogP contribution is 2.32. The molecule has 0 aliphatic rings. The molecular weight excluding hydrogens is 258 g/mol. The van der Waals surface area contributed by atoms with Crippen LogP contribution in [0.25, 0.3) is 0 Å². The lowest BCUT2D eigenvalue weighted by atomic mass is 9.85. The number of benzene rings is 2. The van der Waals surface area contributed by atoms with Crippen molar-refractivity contribution in [3.05, 3.63) is 65.2 Å². The molecule has 2 aromatic rings. The van der Waals surface area contributed by atoms with Gasteiger partial charge in [0.15, 0.2) is 0 Å². The average molecular weight is 283 g/mol. The number of nitrogens with two attached hydrogens (primary N) is 1. The Kier molecular flexibility index (Phi) is 4.69. The van der Waals surface area contributed by atoms with Crippen molar-refractivity contribution in [3.8, 4) is 5.75 Å². The van der Waals surface area contributed by atoms with E-state index < -0.39 is 0 Å². The summed E-state index contributed by atoms with van der Waals surface area (Å²) in [6.07, 6.45) is 0. The van der Waals surface area contributed by atoms with Gasteiger partial charge in [0, 0.05) is 0 Å². The molecule has 0 aliphatic heterocycles. The summed E-state index contributed by atoms with van der Waals surface area (Å²) in [4.78, 5) is 0. The molecular formula is C19H25NO. The zero-order valence-electron chi connectivity index (χ0n) is 13.4. The van der Waals surface area contributed by atoms with E-state index in [0.717, 1.165) is 11.3 Å². The van der Waals surface area contributed by atoms with Crippen LogP contribution in [0, 0.1) is 6.92 Å². The molecule has 112 valence electrons. The molecule has 2 aromatic carbocycles. The van der Waals surface area contributed by atoms with Gasteiger partial charge in [-0.15, -0.1) is 0 Å². The van der Waals surface area contributed by atoms with Gasteiger partial charge in [-0.2, -0.15) is 0 Å². The minimum Gasteiger partial charge on any atom is -0.491 e. The van der Waals surface area contributed by atoms with Gasteiger partial charge < -0.3 is 10.5 Å². The van der Waals surface area contributed by atoms with Crippen molar-refractivity contribution in [1.29, 1.82) is 0 Å². The quantitative estimate of drug-likeness (QED) is 0.904. The average Bonchev–Trinajstić information content (AvgIpc) is 2.45. The van der Waals surface area contributed by atoms with Crippen LogP contribution in [0.1, 0.15) is 43.5 Å². The van der Waals surface area contributed by atoms with Crippen molar-refractivity contribution in [3.63, 3.8) is 0 Å². The number of aryl methyl sites for hydroxylation is 1. The highest BCUT2D eigenvalue weighted by atomic mass is 16.5. The molecule has 0 bridgehead atoms. The summed E-state index contributed by atoms with van der Waals surface area (Å²) in [7, 11) is 0. The summed E-state index contributed by atoms with van der Waals surface area (Å²) in [5, 5.41) is 0. The van der Waals surface area contributed by atoms with Gasteiger partial charge in [-0.1, -0.05) is 68.8 Å². The molecule has 0 amide bonds. The van der Waals surface area contributed by atoms with Crippen LogP contribution in [-0.4, -0.2) is 6.61 Å². The Morgan fingerprint density at radius 2 is 1.71 bits per heavy atom. The molecule has 0 radical (unpaired) electrons. The fourth-order valence-corrected chi connectivity index (χ4v) is 2.33. The van der Waals surface area contributed by atoms with Gasteiger partial charge in [0.1, 0.15) is 12.4 Å². The summed E-state index contributed by atoms with van der Waals surface area (Å²) in [6, 6.07) is 16.3. The molecule has 0 fully saturated rings. The number of rotatable bonds is 4. The Bertz CT molecular complexity index is 584. The predicted octanol–water partition coefficient (Wildman–Crippen LogP) is 4.37. The van der Waals surface area contributed by atoms with Crippen molar-refractivity contribution in [1.82, 2.24) is 0 Å². The van der Waals surface area contributed by atoms with Gasteiger partial charge in [-0.05, 0) is 29.5 Å². The zero-order chi connectivity index (χ0) is 15.5. The molecule has 2 N–H and O–H groups in total. The van der Waals surface area contributed by atoms with Gasteiger partial charge >= 0.3 is 0 Å². The highest BCUT2D eigenvalue weighted by Gasteiger charge is 2.19. The van der Waals surface area contributed by atoms with Gasteiger partial charge in [0.25, 0.3) is 0 Å². The Balaban J connectivity index is 2.14. The molecule has 0 saturated carbocycles. The molecule has 2 heteroatoms. The minimum atomic E-state index is -0.111. The lowest BCUT2D eigenvalue weighted by molar-refractivity contribution is 0.283. The molecule has 0 aromatic heterocycles. The second-order valence-corrected chi connectivity index (χ2v) is 6.58. The topological polar surface area (TPSA) is 35.2 Å². The molecule has 2 rings (SSSR count). The van der Waals surface area contributed by atoms with E-state index in [4.69, 9.17) is 10.5 Å². The first-order valence-corrected chi connectivity index (χ1v) is 7.42. The molecule has 1 atom stereocenters. The molecule has 0 saturated heterocycles. The maximum atomic E-state index is 6.21. The summed E-state index contributed by atoms with van der Waals surface area (Å²) in [5.41, 5.74) is 9.83. The molecule has 1 unspecified atom stereocenters. The SMILES string of the molecule is Cc1ccc(OCC(N)c2ccccc2)c(C(C)(C)C)c1. The van der Waals surface area contributed by atoms with E-state index in [-0.39, 0.29) is 11.5 Å². The van der Waals surface area contributed by atoms with Crippen molar-refractivity contribution in [2.24, 2.45) is 5.73 Å². The Morgan fingerprint density at radius 3 is 2.33 bits per heavy atom. The Labute approximate surface area is 127 Å². The summed E-state index contributed by atoms with van der Waals surface area (Å²) >= 11 is 0. The standard InChI is InChI=1S/C19H25NO/c1-14-10-11-18(16(12-14)19(2,3)4)21-13-17(20)15-8-6-5-7-9-15/h5-12,17H,13,20H2,1-4H3. The Morgan fingerprint density at radius 1 is 1.05 bits per heavy atom. The minimum absolute atomic E-state index is 0.0538. The van der Waals surface area contributed by atoms with Crippen LogP contribution in [0.3, 0.4) is 0 Å². The highest BCUT2D eigenvalue weighted by molar-refractivity contribution is 5.41. The number of hydrogen-bond acceptors (Lipinski definition) is 2. The monoisotopic (exact) mass is 283 g/mol.